The number of hydrogen-bond acceptors (Lipinski definition) is 2. The number of hydrogen-bond donors (Lipinski definition) is 1. The van der Waals surface area contributed by atoms with Crippen LogP contribution in [0.1, 0.15) is 83.5 Å². The maximum atomic E-state index is 12.0. The molecule has 0 bridgehead atoms. The van der Waals surface area contributed by atoms with Crippen LogP contribution in [0.15, 0.2) is 5.10 Å². The zero-order chi connectivity index (χ0) is 15.2. The molecule has 3 atom stereocenters. The highest BCUT2D eigenvalue weighted by atomic mass is 16.2. The van der Waals surface area contributed by atoms with Gasteiger partial charge in [0.05, 0.1) is 0 Å². The molecule has 3 rings (SSSR count). The van der Waals surface area contributed by atoms with E-state index in [2.05, 4.69) is 10.5 Å². The van der Waals surface area contributed by atoms with Gasteiger partial charge < -0.3 is 0 Å². The highest BCUT2D eigenvalue weighted by Gasteiger charge is 2.31. The minimum absolute atomic E-state index is 0.120. The zero-order valence-corrected chi connectivity index (χ0v) is 13.9. The van der Waals surface area contributed by atoms with Gasteiger partial charge in [-0.15, -0.1) is 0 Å². The van der Waals surface area contributed by atoms with Crippen LogP contribution in [0.4, 0.5) is 0 Å². The first-order valence-electron chi connectivity index (χ1n) is 9.63. The Morgan fingerprint density at radius 3 is 2.45 bits per heavy atom. The number of nitrogens with zero attached hydrogens (tertiary/aromatic N) is 1. The third-order valence-corrected chi connectivity index (χ3v) is 6.25. The highest BCUT2D eigenvalue weighted by molar-refractivity contribution is 5.77. The molecule has 1 N–H and O–H groups in total. The number of carbonyl (C=O) groups excluding carboxylic acids is 1. The zero-order valence-electron chi connectivity index (χ0n) is 13.9. The maximum absolute atomic E-state index is 12.0. The second-order valence-electron chi connectivity index (χ2n) is 7.90. The number of rotatable bonds is 4. The van der Waals surface area contributed by atoms with Crippen molar-refractivity contribution in [3.63, 3.8) is 0 Å². The van der Waals surface area contributed by atoms with Crippen LogP contribution in [-0.2, 0) is 4.79 Å². The Labute approximate surface area is 135 Å². The number of carbonyl (C=O) groups is 1. The third-order valence-electron chi connectivity index (χ3n) is 6.25. The van der Waals surface area contributed by atoms with Crippen molar-refractivity contribution < 1.29 is 4.79 Å². The number of hydrazone groups is 1. The van der Waals surface area contributed by atoms with Gasteiger partial charge in [0, 0.05) is 12.6 Å². The van der Waals surface area contributed by atoms with Crippen molar-refractivity contribution in [2.24, 2.45) is 28.8 Å². The number of fused-ring (bicyclic) bond motifs is 1. The van der Waals surface area contributed by atoms with Crippen molar-refractivity contribution in [1.82, 2.24) is 5.43 Å². The lowest BCUT2D eigenvalue weighted by Crippen LogP contribution is -2.29. The van der Waals surface area contributed by atoms with Crippen molar-refractivity contribution in [2.75, 3.05) is 0 Å². The van der Waals surface area contributed by atoms with E-state index in [0.717, 1.165) is 11.8 Å². The van der Waals surface area contributed by atoms with E-state index >= 15 is 0 Å². The van der Waals surface area contributed by atoms with Gasteiger partial charge in [0.1, 0.15) is 0 Å². The minimum atomic E-state index is 0.120. The van der Waals surface area contributed by atoms with Crippen LogP contribution in [0.5, 0.6) is 0 Å². The molecule has 124 valence electrons. The second kappa shape index (κ2) is 8.12. The Morgan fingerprint density at radius 1 is 0.909 bits per heavy atom. The lowest BCUT2D eigenvalue weighted by atomic mass is 9.68. The van der Waals surface area contributed by atoms with Gasteiger partial charge in [-0.05, 0) is 55.8 Å². The van der Waals surface area contributed by atoms with Crippen LogP contribution in [0.2, 0.25) is 0 Å². The summed E-state index contributed by atoms with van der Waals surface area (Å²) in [5.41, 5.74) is 2.78. The maximum Gasteiger partial charge on any atom is 0.240 e. The molecule has 0 aromatic carbocycles. The Morgan fingerprint density at radius 2 is 1.64 bits per heavy atom. The lowest BCUT2D eigenvalue weighted by Gasteiger charge is -2.38. The largest absolute Gasteiger partial charge is 0.273 e. The topological polar surface area (TPSA) is 41.5 Å². The van der Waals surface area contributed by atoms with E-state index in [1.165, 1.54) is 77.0 Å². The summed E-state index contributed by atoms with van der Waals surface area (Å²) in [6.45, 7) is 0. The fourth-order valence-electron chi connectivity index (χ4n) is 4.96. The molecule has 3 fully saturated rings. The molecule has 0 radical (unpaired) electrons. The van der Waals surface area contributed by atoms with Crippen LogP contribution in [0.25, 0.3) is 0 Å². The fourth-order valence-corrected chi connectivity index (χ4v) is 4.96. The summed E-state index contributed by atoms with van der Waals surface area (Å²) in [7, 11) is 0. The van der Waals surface area contributed by atoms with E-state index in [-0.39, 0.29) is 5.91 Å². The SMILES string of the molecule is O=C(CC1CCCCC1)N/N=C/C1CCC2CCCCC2C1. The van der Waals surface area contributed by atoms with Gasteiger partial charge >= 0.3 is 0 Å². The lowest BCUT2D eigenvalue weighted by molar-refractivity contribution is -0.122. The highest BCUT2D eigenvalue weighted by Crippen LogP contribution is 2.42. The van der Waals surface area contributed by atoms with Crippen LogP contribution < -0.4 is 5.43 Å². The van der Waals surface area contributed by atoms with Crippen molar-refractivity contribution in [3.8, 4) is 0 Å². The van der Waals surface area contributed by atoms with E-state index < -0.39 is 0 Å². The quantitative estimate of drug-likeness (QED) is 0.595. The molecule has 0 saturated heterocycles. The van der Waals surface area contributed by atoms with Crippen molar-refractivity contribution in [1.29, 1.82) is 0 Å². The van der Waals surface area contributed by atoms with Crippen LogP contribution in [-0.4, -0.2) is 12.1 Å². The molecule has 3 saturated carbocycles. The van der Waals surface area contributed by atoms with E-state index in [4.69, 9.17) is 0 Å². The normalized spacial score (nSPS) is 33.5. The first-order valence-corrected chi connectivity index (χ1v) is 9.63. The van der Waals surface area contributed by atoms with E-state index in [9.17, 15) is 4.79 Å². The number of amides is 1. The minimum Gasteiger partial charge on any atom is -0.273 e. The van der Waals surface area contributed by atoms with Crippen molar-refractivity contribution in [2.45, 2.75) is 83.5 Å². The molecule has 0 heterocycles. The van der Waals surface area contributed by atoms with Gasteiger partial charge in [0.2, 0.25) is 5.91 Å². The Hall–Kier alpha value is -0.860. The van der Waals surface area contributed by atoms with Crippen molar-refractivity contribution in [3.05, 3.63) is 0 Å². The molecule has 3 heteroatoms. The molecule has 1 amide bonds. The molecule has 0 aromatic heterocycles. The molecule has 22 heavy (non-hydrogen) atoms. The van der Waals surface area contributed by atoms with Gasteiger partial charge in [0.15, 0.2) is 0 Å². The molecule has 0 spiro atoms. The summed E-state index contributed by atoms with van der Waals surface area (Å²) in [6.07, 6.45) is 18.8. The van der Waals surface area contributed by atoms with Gasteiger partial charge in [-0.1, -0.05) is 44.9 Å². The smallest absolute Gasteiger partial charge is 0.240 e. The molecule has 3 aliphatic rings. The molecule has 0 aromatic rings. The summed E-state index contributed by atoms with van der Waals surface area (Å²) in [4.78, 5) is 12.0. The summed E-state index contributed by atoms with van der Waals surface area (Å²) < 4.78 is 0. The predicted molar refractivity (Wildman–Crippen MR) is 90.6 cm³/mol. The summed E-state index contributed by atoms with van der Waals surface area (Å²) >= 11 is 0. The standard InChI is InChI=1S/C19H32N2O/c22-19(13-15-6-2-1-3-7-15)21-20-14-16-10-11-17-8-4-5-9-18(17)12-16/h14-18H,1-13H2,(H,21,22)/b20-14+. The average Bonchev–Trinajstić information content (AvgIpc) is 2.55. The number of nitrogens with one attached hydrogen (secondary N) is 1. The van der Waals surface area contributed by atoms with Crippen LogP contribution in [0, 0.1) is 23.7 Å². The third kappa shape index (κ3) is 4.57. The van der Waals surface area contributed by atoms with Gasteiger partial charge in [-0.25, -0.2) is 5.43 Å². The van der Waals surface area contributed by atoms with Gasteiger partial charge in [-0.2, -0.15) is 5.10 Å². The fraction of sp³-hybridized carbons (Fsp3) is 0.895. The Bertz CT molecular complexity index is 387. The molecule has 0 aliphatic heterocycles. The Balaban J connectivity index is 1.37. The van der Waals surface area contributed by atoms with Crippen molar-refractivity contribution >= 4 is 12.1 Å². The molecule has 3 nitrogen and oxygen atoms in total. The van der Waals surface area contributed by atoms with Crippen LogP contribution in [0.3, 0.4) is 0 Å². The first-order chi connectivity index (χ1) is 10.8. The van der Waals surface area contributed by atoms with E-state index in [0.29, 0.717) is 18.3 Å². The molecule has 3 aliphatic carbocycles. The summed E-state index contributed by atoms with van der Waals surface area (Å²) in [5, 5.41) is 4.27. The van der Waals surface area contributed by atoms with Gasteiger partial charge in [-0.3, -0.25) is 4.79 Å². The summed E-state index contributed by atoms with van der Waals surface area (Å²) in [6, 6.07) is 0. The molecular formula is C19H32N2O. The van der Waals surface area contributed by atoms with Crippen LogP contribution >= 0.6 is 0 Å². The second-order valence-corrected chi connectivity index (χ2v) is 7.90. The predicted octanol–water partition coefficient (Wildman–Crippen LogP) is 4.67. The van der Waals surface area contributed by atoms with E-state index in [1.807, 2.05) is 6.21 Å². The monoisotopic (exact) mass is 304 g/mol. The average molecular weight is 304 g/mol. The Kier molecular flexibility index (Phi) is 5.91. The molecular weight excluding hydrogens is 272 g/mol. The molecule has 3 unspecified atom stereocenters. The van der Waals surface area contributed by atoms with E-state index in [1.54, 1.807) is 0 Å². The first kappa shape index (κ1) is 16.0. The van der Waals surface area contributed by atoms with Gasteiger partial charge in [0.25, 0.3) is 0 Å². The summed E-state index contributed by atoms with van der Waals surface area (Å²) in [5.74, 6) is 3.22.